The molecule has 1 N–H and O–H groups in total. The Hall–Kier alpha value is -3.39. The van der Waals surface area contributed by atoms with Gasteiger partial charge in [-0.25, -0.2) is 0 Å². The van der Waals surface area contributed by atoms with Gasteiger partial charge in [0.15, 0.2) is 0 Å². The van der Waals surface area contributed by atoms with Crippen LogP contribution in [0.2, 0.25) is 0 Å². The number of rotatable bonds is 4. The van der Waals surface area contributed by atoms with E-state index in [-0.39, 0.29) is 0 Å². The molecule has 0 fully saturated rings. The third-order valence-corrected chi connectivity index (χ3v) is 4.32. The van der Waals surface area contributed by atoms with Crippen molar-refractivity contribution in [2.45, 2.75) is 0 Å². The van der Waals surface area contributed by atoms with Crippen LogP contribution < -0.4 is 5.32 Å². The standard InChI is InChI=1S/C23H17NO/c25-16-17-8-12-20(13-9-17)24-21-14-10-19(11-15-21)23-7-3-5-18-4-1-2-6-22(18)23/h1-16,24H. The van der Waals surface area contributed by atoms with E-state index in [0.717, 1.165) is 17.7 Å². The van der Waals surface area contributed by atoms with Gasteiger partial charge in [-0.05, 0) is 58.3 Å². The molecule has 0 aliphatic heterocycles. The largest absolute Gasteiger partial charge is 0.356 e. The molecule has 2 nitrogen and oxygen atoms in total. The first-order chi connectivity index (χ1) is 12.3. The van der Waals surface area contributed by atoms with Gasteiger partial charge in [-0.2, -0.15) is 0 Å². The zero-order valence-electron chi connectivity index (χ0n) is 13.6. The van der Waals surface area contributed by atoms with Gasteiger partial charge in [0.05, 0.1) is 0 Å². The Morgan fingerprint density at radius 2 is 1.28 bits per heavy atom. The first kappa shape index (κ1) is 15.2. The molecule has 0 aliphatic rings. The Labute approximate surface area is 146 Å². The van der Waals surface area contributed by atoms with Crippen molar-refractivity contribution in [3.8, 4) is 11.1 Å². The molecule has 0 aromatic heterocycles. The average Bonchev–Trinajstić information content (AvgIpc) is 2.69. The Balaban J connectivity index is 1.62. The minimum Gasteiger partial charge on any atom is -0.356 e. The number of benzene rings is 4. The SMILES string of the molecule is O=Cc1ccc(Nc2ccc(-c3cccc4ccccc34)cc2)cc1. The molecule has 4 aromatic carbocycles. The molecule has 2 heteroatoms. The number of fused-ring (bicyclic) bond motifs is 1. The summed E-state index contributed by atoms with van der Waals surface area (Å²) >= 11 is 0. The first-order valence-corrected chi connectivity index (χ1v) is 8.24. The monoisotopic (exact) mass is 323 g/mol. The maximum absolute atomic E-state index is 10.7. The van der Waals surface area contributed by atoms with E-state index in [2.05, 4.69) is 72.0 Å². The van der Waals surface area contributed by atoms with Gasteiger partial charge in [-0.15, -0.1) is 0 Å². The minimum atomic E-state index is 0.678. The molecule has 4 rings (SSSR count). The fraction of sp³-hybridized carbons (Fsp3) is 0. The second-order valence-corrected chi connectivity index (χ2v) is 5.97. The van der Waals surface area contributed by atoms with Crippen LogP contribution in [0.4, 0.5) is 11.4 Å². The van der Waals surface area contributed by atoms with Crippen molar-refractivity contribution < 1.29 is 4.79 Å². The van der Waals surface area contributed by atoms with Gasteiger partial charge < -0.3 is 5.32 Å². The van der Waals surface area contributed by atoms with Crippen molar-refractivity contribution in [1.82, 2.24) is 0 Å². The van der Waals surface area contributed by atoms with Crippen LogP contribution in [0, 0.1) is 0 Å². The summed E-state index contributed by atoms with van der Waals surface area (Å²) in [5.74, 6) is 0. The van der Waals surface area contributed by atoms with Gasteiger partial charge >= 0.3 is 0 Å². The Kier molecular flexibility index (Phi) is 4.01. The summed E-state index contributed by atoms with van der Waals surface area (Å²) in [5, 5.41) is 5.86. The predicted octanol–water partition coefficient (Wildman–Crippen LogP) is 6.06. The first-order valence-electron chi connectivity index (χ1n) is 8.24. The molecule has 25 heavy (non-hydrogen) atoms. The van der Waals surface area contributed by atoms with Crippen LogP contribution in [-0.4, -0.2) is 6.29 Å². The van der Waals surface area contributed by atoms with Gasteiger partial charge in [-0.3, -0.25) is 4.79 Å². The van der Waals surface area contributed by atoms with Crippen LogP contribution in [0.1, 0.15) is 10.4 Å². The van der Waals surface area contributed by atoms with E-state index in [0.29, 0.717) is 5.56 Å². The molecule has 0 atom stereocenters. The van der Waals surface area contributed by atoms with Gasteiger partial charge in [-0.1, -0.05) is 54.6 Å². The Morgan fingerprint density at radius 1 is 0.640 bits per heavy atom. The highest BCUT2D eigenvalue weighted by atomic mass is 16.1. The quantitative estimate of drug-likeness (QED) is 0.462. The van der Waals surface area contributed by atoms with Crippen LogP contribution in [0.15, 0.2) is 91.0 Å². The molecule has 120 valence electrons. The zero-order valence-corrected chi connectivity index (χ0v) is 13.6. The molecule has 4 aromatic rings. The highest BCUT2D eigenvalue weighted by Gasteiger charge is 2.03. The number of hydrogen-bond donors (Lipinski definition) is 1. The van der Waals surface area contributed by atoms with Crippen LogP contribution in [0.5, 0.6) is 0 Å². The van der Waals surface area contributed by atoms with Crippen molar-refractivity contribution in [3.63, 3.8) is 0 Å². The summed E-state index contributed by atoms with van der Waals surface area (Å²) in [5.41, 5.74) is 5.09. The molecular weight excluding hydrogens is 306 g/mol. The molecule has 0 saturated carbocycles. The van der Waals surface area contributed by atoms with Crippen molar-refractivity contribution >= 4 is 28.4 Å². The molecule has 0 bridgehead atoms. The predicted molar refractivity (Wildman–Crippen MR) is 104 cm³/mol. The summed E-state index contributed by atoms with van der Waals surface area (Å²) in [7, 11) is 0. The fourth-order valence-corrected chi connectivity index (χ4v) is 3.02. The summed E-state index contributed by atoms with van der Waals surface area (Å²) < 4.78 is 0. The maximum atomic E-state index is 10.7. The number of anilines is 2. The molecule has 0 heterocycles. The van der Waals surface area contributed by atoms with E-state index in [1.165, 1.54) is 21.9 Å². The van der Waals surface area contributed by atoms with Crippen LogP contribution in [-0.2, 0) is 0 Å². The number of carbonyl (C=O) groups is 1. The lowest BCUT2D eigenvalue weighted by Gasteiger charge is -2.10. The van der Waals surface area contributed by atoms with Gasteiger partial charge in [0, 0.05) is 16.9 Å². The van der Waals surface area contributed by atoms with Crippen molar-refractivity contribution in [2.75, 3.05) is 5.32 Å². The molecule has 0 unspecified atom stereocenters. The lowest BCUT2D eigenvalue weighted by Crippen LogP contribution is -1.91. The number of hydrogen-bond acceptors (Lipinski definition) is 2. The summed E-state index contributed by atoms with van der Waals surface area (Å²) in [6.45, 7) is 0. The summed E-state index contributed by atoms with van der Waals surface area (Å²) in [6, 6.07) is 30.6. The number of nitrogens with one attached hydrogen (secondary N) is 1. The smallest absolute Gasteiger partial charge is 0.150 e. The van der Waals surface area contributed by atoms with Crippen molar-refractivity contribution in [2.24, 2.45) is 0 Å². The number of carbonyl (C=O) groups excluding carboxylic acids is 1. The second kappa shape index (κ2) is 6.62. The zero-order chi connectivity index (χ0) is 17.1. The van der Waals surface area contributed by atoms with E-state index in [9.17, 15) is 4.79 Å². The third kappa shape index (κ3) is 3.15. The van der Waals surface area contributed by atoms with E-state index >= 15 is 0 Å². The number of aldehydes is 1. The van der Waals surface area contributed by atoms with Gasteiger partial charge in [0.1, 0.15) is 6.29 Å². The van der Waals surface area contributed by atoms with Crippen LogP contribution in [0.25, 0.3) is 21.9 Å². The minimum absolute atomic E-state index is 0.678. The van der Waals surface area contributed by atoms with E-state index < -0.39 is 0 Å². The Morgan fingerprint density at radius 3 is 2.00 bits per heavy atom. The summed E-state index contributed by atoms with van der Waals surface area (Å²) in [6.07, 6.45) is 0.850. The highest BCUT2D eigenvalue weighted by Crippen LogP contribution is 2.29. The molecule has 0 amide bonds. The van der Waals surface area contributed by atoms with Crippen LogP contribution in [0.3, 0.4) is 0 Å². The van der Waals surface area contributed by atoms with Gasteiger partial charge in [0.25, 0.3) is 0 Å². The topological polar surface area (TPSA) is 29.1 Å². The molecular formula is C23H17NO. The molecule has 0 saturated heterocycles. The van der Waals surface area contributed by atoms with Crippen molar-refractivity contribution in [1.29, 1.82) is 0 Å². The van der Waals surface area contributed by atoms with Crippen molar-refractivity contribution in [3.05, 3.63) is 96.6 Å². The average molecular weight is 323 g/mol. The van der Waals surface area contributed by atoms with Crippen LogP contribution >= 0.6 is 0 Å². The second-order valence-electron chi connectivity index (χ2n) is 5.97. The normalized spacial score (nSPS) is 10.6. The summed E-state index contributed by atoms with van der Waals surface area (Å²) in [4.78, 5) is 10.7. The van der Waals surface area contributed by atoms with Gasteiger partial charge in [0.2, 0.25) is 0 Å². The fourth-order valence-electron chi connectivity index (χ4n) is 3.02. The maximum Gasteiger partial charge on any atom is 0.150 e. The Bertz CT molecular complexity index is 1010. The highest BCUT2D eigenvalue weighted by molar-refractivity contribution is 5.96. The van der Waals surface area contributed by atoms with E-state index in [4.69, 9.17) is 0 Å². The van der Waals surface area contributed by atoms with E-state index in [1.54, 1.807) is 12.1 Å². The van der Waals surface area contributed by atoms with E-state index in [1.807, 2.05) is 12.1 Å². The molecule has 0 spiro atoms. The third-order valence-electron chi connectivity index (χ3n) is 4.32. The lowest BCUT2D eigenvalue weighted by atomic mass is 9.98. The molecule has 0 aliphatic carbocycles. The molecule has 0 radical (unpaired) electrons. The lowest BCUT2D eigenvalue weighted by molar-refractivity contribution is 0.112.